The zero-order valence-electron chi connectivity index (χ0n) is 19.4. The van der Waals surface area contributed by atoms with E-state index in [0.717, 1.165) is 16.2 Å². The number of rotatable bonds is 9. The summed E-state index contributed by atoms with van der Waals surface area (Å²) < 4.78 is 10.4. The summed E-state index contributed by atoms with van der Waals surface area (Å²) in [4.78, 5) is 42.3. The van der Waals surface area contributed by atoms with E-state index in [1.165, 1.54) is 25.6 Å². The Bertz CT molecular complexity index is 846. The molecule has 8 nitrogen and oxygen atoms in total. The van der Waals surface area contributed by atoms with Gasteiger partial charge in [0.2, 0.25) is 5.91 Å². The summed E-state index contributed by atoms with van der Waals surface area (Å²) in [6.07, 6.45) is 0.383. The van der Waals surface area contributed by atoms with Gasteiger partial charge >= 0.3 is 11.9 Å². The average molecular weight is 452 g/mol. The van der Waals surface area contributed by atoms with Gasteiger partial charge in [-0.1, -0.05) is 17.8 Å². The zero-order valence-corrected chi connectivity index (χ0v) is 20.2. The highest BCUT2D eigenvalue weighted by Crippen LogP contribution is 2.28. The number of carbonyl (C=O) groups is 3. The minimum Gasteiger partial charge on any atom is -0.466 e. The van der Waals surface area contributed by atoms with Gasteiger partial charge in [-0.05, 0) is 40.7 Å². The molecule has 9 heteroatoms. The van der Waals surface area contributed by atoms with Gasteiger partial charge in [-0.3, -0.25) is 14.4 Å². The maximum absolute atomic E-state index is 12.4. The van der Waals surface area contributed by atoms with Crippen molar-refractivity contribution in [2.45, 2.75) is 61.4 Å². The van der Waals surface area contributed by atoms with E-state index in [4.69, 9.17) is 15.2 Å². The molecule has 1 rings (SSSR count). The Kier molecular flexibility index (Phi) is 10.0. The summed E-state index contributed by atoms with van der Waals surface area (Å²) in [5, 5.41) is 0. The standard InChI is InChI=1S/C22H33N3O5S/c1-14-8-9-18(20(23)24-14)12-25(16(3)26)15(2)19(10-11-29-17(4)27)31-13-30-21(28)22(5,6)7/h8-9H,10-13H2,1-7H3,(H2,23,24). The van der Waals surface area contributed by atoms with E-state index in [1.807, 2.05) is 19.1 Å². The fourth-order valence-electron chi connectivity index (χ4n) is 2.54. The molecule has 1 heterocycles. The van der Waals surface area contributed by atoms with Gasteiger partial charge in [-0.2, -0.15) is 0 Å². The number of pyridine rings is 1. The molecule has 0 saturated heterocycles. The van der Waals surface area contributed by atoms with Crippen molar-refractivity contribution >= 4 is 35.4 Å². The van der Waals surface area contributed by atoms with Gasteiger partial charge in [-0.15, -0.1) is 0 Å². The number of aromatic nitrogens is 1. The van der Waals surface area contributed by atoms with E-state index in [0.29, 0.717) is 17.9 Å². The number of esters is 2. The van der Waals surface area contributed by atoms with E-state index in [1.54, 1.807) is 32.6 Å². The van der Waals surface area contributed by atoms with E-state index in [-0.39, 0.29) is 36.9 Å². The molecule has 0 fully saturated rings. The molecule has 0 unspecified atom stereocenters. The van der Waals surface area contributed by atoms with Crippen LogP contribution in [0.15, 0.2) is 22.7 Å². The highest BCUT2D eigenvalue weighted by molar-refractivity contribution is 8.02. The molecule has 1 amide bonds. The van der Waals surface area contributed by atoms with E-state index >= 15 is 0 Å². The lowest BCUT2D eigenvalue weighted by Gasteiger charge is -2.25. The third kappa shape index (κ3) is 9.00. The number of thioether (sulfide) groups is 1. The number of carbonyl (C=O) groups excluding carboxylic acids is 3. The first-order chi connectivity index (χ1) is 14.3. The van der Waals surface area contributed by atoms with Crippen LogP contribution in [0.2, 0.25) is 0 Å². The number of aryl methyl sites for hydroxylation is 1. The van der Waals surface area contributed by atoms with Gasteiger partial charge in [-0.25, -0.2) is 4.98 Å². The molecule has 31 heavy (non-hydrogen) atoms. The molecule has 0 radical (unpaired) electrons. The van der Waals surface area contributed by atoms with Crippen molar-refractivity contribution in [3.63, 3.8) is 0 Å². The number of anilines is 1. The Balaban J connectivity index is 3.10. The highest BCUT2D eigenvalue weighted by Gasteiger charge is 2.24. The van der Waals surface area contributed by atoms with Crippen LogP contribution >= 0.6 is 11.8 Å². The Morgan fingerprint density at radius 3 is 2.29 bits per heavy atom. The van der Waals surface area contributed by atoms with Gasteiger partial charge in [0.25, 0.3) is 0 Å². The van der Waals surface area contributed by atoms with Crippen molar-refractivity contribution in [3.8, 4) is 0 Å². The van der Waals surface area contributed by atoms with Crippen LogP contribution in [0.1, 0.15) is 59.2 Å². The molecule has 0 aliphatic carbocycles. The summed E-state index contributed by atoms with van der Waals surface area (Å²) >= 11 is 1.29. The molecule has 0 atom stereocenters. The second-order valence-corrected chi connectivity index (χ2v) is 9.16. The third-order valence-electron chi connectivity index (χ3n) is 4.34. The van der Waals surface area contributed by atoms with E-state index in [9.17, 15) is 14.4 Å². The summed E-state index contributed by atoms with van der Waals surface area (Å²) in [7, 11) is 0. The van der Waals surface area contributed by atoms with Gasteiger partial charge in [0, 0.05) is 42.1 Å². The monoisotopic (exact) mass is 451 g/mol. The molecular weight excluding hydrogens is 418 g/mol. The topological polar surface area (TPSA) is 112 Å². The van der Waals surface area contributed by atoms with Crippen molar-refractivity contribution in [2.24, 2.45) is 5.41 Å². The minimum absolute atomic E-state index is 0.0861. The van der Waals surface area contributed by atoms with Crippen LogP contribution in [0.4, 0.5) is 5.82 Å². The van der Waals surface area contributed by atoms with Crippen molar-refractivity contribution in [3.05, 3.63) is 34.0 Å². The summed E-state index contributed by atoms with van der Waals surface area (Å²) in [5.74, 6) is -0.424. The van der Waals surface area contributed by atoms with Gasteiger partial charge in [0.15, 0.2) is 0 Å². The first-order valence-corrected chi connectivity index (χ1v) is 10.9. The molecular formula is C22H33N3O5S. The van der Waals surface area contributed by atoms with Gasteiger partial charge in [0.1, 0.15) is 11.8 Å². The number of hydrogen-bond acceptors (Lipinski definition) is 8. The molecule has 0 bridgehead atoms. The zero-order chi connectivity index (χ0) is 23.8. The highest BCUT2D eigenvalue weighted by atomic mass is 32.2. The third-order valence-corrected chi connectivity index (χ3v) is 5.42. The molecule has 0 aromatic carbocycles. The lowest BCUT2D eigenvalue weighted by Crippen LogP contribution is -2.28. The molecule has 0 aliphatic heterocycles. The molecule has 172 valence electrons. The summed E-state index contributed by atoms with van der Waals surface area (Å²) in [6, 6.07) is 3.68. The Morgan fingerprint density at radius 2 is 1.77 bits per heavy atom. The second kappa shape index (κ2) is 11.7. The number of hydrogen-bond donors (Lipinski definition) is 1. The number of nitrogen functional groups attached to an aromatic ring is 1. The predicted molar refractivity (Wildman–Crippen MR) is 122 cm³/mol. The second-order valence-electron chi connectivity index (χ2n) is 8.14. The van der Waals surface area contributed by atoms with Crippen LogP contribution in [0.5, 0.6) is 0 Å². The number of ether oxygens (including phenoxy) is 2. The quantitative estimate of drug-likeness (QED) is 0.446. The summed E-state index contributed by atoms with van der Waals surface area (Å²) in [6.45, 7) is 12.2. The molecule has 0 saturated carbocycles. The molecule has 1 aromatic heterocycles. The van der Waals surface area contributed by atoms with E-state index < -0.39 is 5.41 Å². The molecule has 2 N–H and O–H groups in total. The Hall–Kier alpha value is -2.55. The van der Waals surface area contributed by atoms with Gasteiger partial charge < -0.3 is 20.1 Å². The van der Waals surface area contributed by atoms with Crippen LogP contribution in [0.25, 0.3) is 0 Å². The average Bonchev–Trinajstić information content (AvgIpc) is 2.64. The van der Waals surface area contributed by atoms with E-state index in [2.05, 4.69) is 4.98 Å². The minimum atomic E-state index is -0.612. The number of nitrogens with zero attached hydrogens (tertiary/aromatic N) is 2. The smallest absolute Gasteiger partial charge is 0.312 e. The van der Waals surface area contributed by atoms with Crippen LogP contribution < -0.4 is 5.73 Å². The Morgan fingerprint density at radius 1 is 1.13 bits per heavy atom. The SMILES string of the molecule is CC(=O)OCCC(SCOC(=O)C(C)(C)C)=C(C)N(Cc1ccc(C)nc1N)C(C)=O. The molecule has 1 aromatic rings. The first kappa shape index (κ1) is 26.5. The normalized spacial score (nSPS) is 12.1. The maximum Gasteiger partial charge on any atom is 0.312 e. The van der Waals surface area contributed by atoms with Gasteiger partial charge in [0.05, 0.1) is 18.6 Å². The largest absolute Gasteiger partial charge is 0.466 e. The van der Waals surface area contributed by atoms with Crippen LogP contribution in [0.3, 0.4) is 0 Å². The number of amides is 1. The predicted octanol–water partition coefficient (Wildman–Crippen LogP) is 3.79. The molecule has 0 spiro atoms. The van der Waals surface area contributed by atoms with Crippen molar-refractivity contribution in [2.75, 3.05) is 18.3 Å². The number of nitrogens with two attached hydrogens (primary N) is 1. The van der Waals surface area contributed by atoms with Crippen molar-refractivity contribution in [1.29, 1.82) is 0 Å². The van der Waals surface area contributed by atoms with Crippen LogP contribution in [0, 0.1) is 12.3 Å². The lowest BCUT2D eigenvalue weighted by molar-refractivity contribution is -0.150. The number of allylic oxidation sites excluding steroid dienone is 1. The first-order valence-electron chi connectivity index (χ1n) is 9.96. The fraction of sp³-hybridized carbons (Fsp3) is 0.545. The fourth-order valence-corrected chi connectivity index (χ4v) is 3.40. The van der Waals surface area contributed by atoms with Crippen molar-refractivity contribution in [1.82, 2.24) is 9.88 Å². The lowest BCUT2D eigenvalue weighted by atomic mass is 9.98. The summed E-state index contributed by atoms with van der Waals surface area (Å²) in [5.41, 5.74) is 7.61. The molecule has 0 aliphatic rings. The van der Waals surface area contributed by atoms with Crippen molar-refractivity contribution < 1.29 is 23.9 Å². The maximum atomic E-state index is 12.4. The van der Waals surface area contributed by atoms with Crippen LogP contribution in [-0.2, 0) is 30.4 Å². The van der Waals surface area contributed by atoms with Crippen LogP contribution in [-0.4, -0.2) is 40.3 Å². The Labute approximate surface area is 188 Å².